The predicted molar refractivity (Wildman–Crippen MR) is 66.1 cm³/mol. The molecule has 5 heteroatoms. The van der Waals surface area contributed by atoms with E-state index in [1.54, 1.807) is 18.2 Å². The summed E-state index contributed by atoms with van der Waals surface area (Å²) in [5.41, 5.74) is 0.570. The summed E-state index contributed by atoms with van der Waals surface area (Å²) in [6.45, 7) is 0.234. The summed E-state index contributed by atoms with van der Waals surface area (Å²) >= 11 is 3.29. The van der Waals surface area contributed by atoms with Gasteiger partial charge in [0.15, 0.2) is 5.78 Å². The SMILES string of the molecule is N#CCN(CC#N)CC(=O)c1cccc(Br)c1. The molecule has 86 valence electrons. The Morgan fingerprint density at radius 3 is 2.47 bits per heavy atom. The summed E-state index contributed by atoms with van der Waals surface area (Å²) in [6, 6.07) is 10.9. The third-order valence-electron chi connectivity index (χ3n) is 2.10. The minimum Gasteiger partial charge on any atom is -0.293 e. The highest BCUT2D eigenvalue weighted by Gasteiger charge is 2.12. The fraction of sp³-hybridized carbons (Fsp3) is 0.250. The monoisotopic (exact) mass is 291 g/mol. The van der Waals surface area contributed by atoms with Gasteiger partial charge in [0.2, 0.25) is 0 Å². The number of carbonyl (C=O) groups is 1. The highest BCUT2D eigenvalue weighted by molar-refractivity contribution is 9.10. The van der Waals surface area contributed by atoms with Gasteiger partial charge in [-0.25, -0.2) is 0 Å². The minimum absolute atomic E-state index is 0.0767. The Kier molecular flexibility index (Phi) is 5.35. The zero-order valence-corrected chi connectivity index (χ0v) is 10.6. The molecule has 0 saturated heterocycles. The van der Waals surface area contributed by atoms with Gasteiger partial charge in [-0.2, -0.15) is 10.5 Å². The molecule has 0 aliphatic carbocycles. The van der Waals surface area contributed by atoms with Crippen molar-refractivity contribution in [3.05, 3.63) is 34.3 Å². The van der Waals surface area contributed by atoms with Crippen molar-refractivity contribution < 1.29 is 4.79 Å². The lowest BCUT2D eigenvalue weighted by Gasteiger charge is -2.13. The van der Waals surface area contributed by atoms with Crippen LogP contribution in [-0.4, -0.2) is 30.3 Å². The number of benzene rings is 1. The van der Waals surface area contributed by atoms with Crippen molar-refractivity contribution in [3.63, 3.8) is 0 Å². The maximum absolute atomic E-state index is 11.9. The zero-order chi connectivity index (χ0) is 12.7. The molecule has 0 aliphatic rings. The minimum atomic E-state index is -0.100. The molecule has 0 N–H and O–H groups in total. The van der Waals surface area contributed by atoms with E-state index in [0.29, 0.717) is 5.56 Å². The summed E-state index contributed by atoms with van der Waals surface area (Å²) in [4.78, 5) is 13.4. The molecule has 0 aliphatic heterocycles. The maximum atomic E-state index is 11.9. The third kappa shape index (κ3) is 4.36. The van der Waals surface area contributed by atoms with Crippen molar-refractivity contribution in [1.82, 2.24) is 4.90 Å². The van der Waals surface area contributed by atoms with Crippen LogP contribution < -0.4 is 0 Å². The smallest absolute Gasteiger partial charge is 0.176 e. The molecule has 4 nitrogen and oxygen atoms in total. The van der Waals surface area contributed by atoms with Crippen LogP contribution in [0.25, 0.3) is 0 Å². The van der Waals surface area contributed by atoms with E-state index in [1.165, 1.54) is 4.90 Å². The van der Waals surface area contributed by atoms with E-state index in [-0.39, 0.29) is 25.4 Å². The lowest BCUT2D eigenvalue weighted by molar-refractivity contribution is 0.0946. The van der Waals surface area contributed by atoms with E-state index in [0.717, 1.165) is 4.47 Å². The fourth-order valence-electron chi connectivity index (χ4n) is 1.32. The molecule has 0 amide bonds. The second-order valence-corrected chi connectivity index (χ2v) is 4.31. The highest BCUT2D eigenvalue weighted by atomic mass is 79.9. The summed E-state index contributed by atoms with van der Waals surface area (Å²) in [5, 5.41) is 17.1. The molecule has 1 aromatic carbocycles. The first-order chi connectivity index (χ1) is 8.17. The lowest BCUT2D eigenvalue weighted by atomic mass is 10.1. The van der Waals surface area contributed by atoms with Crippen LogP contribution in [0, 0.1) is 22.7 Å². The molecule has 0 heterocycles. The van der Waals surface area contributed by atoms with Crippen molar-refractivity contribution in [1.29, 1.82) is 10.5 Å². The third-order valence-corrected chi connectivity index (χ3v) is 2.60. The van der Waals surface area contributed by atoms with Gasteiger partial charge >= 0.3 is 0 Å². The first-order valence-corrected chi connectivity index (χ1v) is 5.71. The number of carbonyl (C=O) groups excluding carboxylic acids is 1. The van der Waals surface area contributed by atoms with Gasteiger partial charge in [-0.15, -0.1) is 0 Å². The van der Waals surface area contributed by atoms with Gasteiger partial charge in [-0.3, -0.25) is 9.69 Å². The predicted octanol–water partition coefficient (Wildman–Crippen LogP) is 1.98. The molecular formula is C12H10BrN3O. The molecule has 1 rings (SSSR count). The molecule has 0 saturated carbocycles. The Balaban J connectivity index is 2.71. The van der Waals surface area contributed by atoms with Gasteiger partial charge in [0.05, 0.1) is 31.8 Å². The average Bonchev–Trinajstić information content (AvgIpc) is 2.29. The number of nitriles is 2. The van der Waals surface area contributed by atoms with Crippen molar-refractivity contribution in [2.75, 3.05) is 19.6 Å². The van der Waals surface area contributed by atoms with Gasteiger partial charge in [0.25, 0.3) is 0 Å². The van der Waals surface area contributed by atoms with Gasteiger partial charge in [-0.05, 0) is 12.1 Å². The number of ketones is 1. The number of nitrogens with zero attached hydrogens (tertiary/aromatic N) is 3. The van der Waals surface area contributed by atoms with E-state index in [1.807, 2.05) is 18.2 Å². The quantitative estimate of drug-likeness (QED) is 0.614. The van der Waals surface area contributed by atoms with Crippen LogP contribution in [0.2, 0.25) is 0 Å². The second-order valence-electron chi connectivity index (χ2n) is 3.39. The van der Waals surface area contributed by atoms with Gasteiger partial charge in [-0.1, -0.05) is 28.1 Å². The summed E-state index contributed by atoms with van der Waals surface area (Å²) in [5.74, 6) is -0.100. The van der Waals surface area contributed by atoms with Crippen LogP contribution in [0.5, 0.6) is 0 Å². The number of hydrogen-bond donors (Lipinski definition) is 0. The summed E-state index contributed by atoms with van der Waals surface area (Å²) in [6.07, 6.45) is 0. The van der Waals surface area contributed by atoms with E-state index >= 15 is 0 Å². The molecule has 0 radical (unpaired) electrons. The Bertz CT molecular complexity index is 471. The molecule has 0 atom stereocenters. The Morgan fingerprint density at radius 2 is 1.94 bits per heavy atom. The van der Waals surface area contributed by atoms with Crippen molar-refractivity contribution in [2.45, 2.75) is 0 Å². The fourth-order valence-corrected chi connectivity index (χ4v) is 1.72. The number of Topliss-reactive ketones (excluding diaryl/α,β-unsaturated/α-hetero) is 1. The largest absolute Gasteiger partial charge is 0.293 e. The first-order valence-electron chi connectivity index (χ1n) is 4.92. The van der Waals surface area contributed by atoms with Gasteiger partial charge in [0, 0.05) is 10.0 Å². The van der Waals surface area contributed by atoms with Crippen molar-refractivity contribution in [2.24, 2.45) is 0 Å². The molecule has 0 unspecified atom stereocenters. The van der Waals surface area contributed by atoms with Crippen molar-refractivity contribution in [3.8, 4) is 12.1 Å². The Labute approximate surface area is 108 Å². The van der Waals surface area contributed by atoms with Gasteiger partial charge < -0.3 is 0 Å². The van der Waals surface area contributed by atoms with E-state index in [2.05, 4.69) is 15.9 Å². The van der Waals surface area contributed by atoms with Crippen LogP contribution in [-0.2, 0) is 0 Å². The first kappa shape index (κ1) is 13.4. The zero-order valence-electron chi connectivity index (χ0n) is 9.06. The summed E-state index contributed by atoms with van der Waals surface area (Å²) in [7, 11) is 0. The van der Waals surface area contributed by atoms with E-state index < -0.39 is 0 Å². The molecule has 0 aromatic heterocycles. The molecule has 17 heavy (non-hydrogen) atoms. The summed E-state index contributed by atoms with van der Waals surface area (Å²) < 4.78 is 0.829. The second kappa shape index (κ2) is 6.80. The number of hydrogen-bond acceptors (Lipinski definition) is 4. The lowest BCUT2D eigenvalue weighted by Crippen LogP contribution is -2.30. The van der Waals surface area contributed by atoms with Gasteiger partial charge in [0.1, 0.15) is 0 Å². The Hall–Kier alpha value is -1.69. The number of rotatable bonds is 5. The average molecular weight is 292 g/mol. The molecule has 0 spiro atoms. The molecule has 0 bridgehead atoms. The topological polar surface area (TPSA) is 67.9 Å². The maximum Gasteiger partial charge on any atom is 0.176 e. The molecule has 1 aromatic rings. The molecular weight excluding hydrogens is 282 g/mol. The molecule has 0 fully saturated rings. The van der Waals surface area contributed by atoms with Crippen LogP contribution in [0.3, 0.4) is 0 Å². The van der Waals surface area contributed by atoms with Crippen LogP contribution >= 0.6 is 15.9 Å². The van der Waals surface area contributed by atoms with Crippen LogP contribution in [0.4, 0.5) is 0 Å². The standard InChI is InChI=1S/C12H10BrN3O/c13-11-3-1-2-10(8-11)12(17)9-16(6-4-14)7-5-15/h1-3,8H,6-7,9H2. The number of halogens is 1. The van der Waals surface area contributed by atoms with E-state index in [4.69, 9.17) is 10.5 Å². The van der Waals surface area contributed by atoms with Crippen molar-refractivity contribution >= 4 is 21.7 Å². The van der Waals surface area contributed by atoms with Crippen LogP contribution in [0.1, 0.15) is 10.4 Å². The normalized spacial score (nSPS) is 9.65. The van der Waals surface area contributed by atoms with Crippen LogP contribution in [0.15, 0.2) is 28.7 Å². The Morgan fingerprint density at radius 1 is 1.29 bits per heavy atom. The van der Waals surface area contributed by atoms with E-state index in [9.17, 15) is 4.79 Å². The highest BCUT2D eigenvalue weighted by Crippen LogP contribution is 2.12.